The molecule has 0 atom stereocenters. The third kappa shape index (κ3) is 2.32. The Labute approximate surface area is 121 Å². The molecule has 3 rings (SSSR count). The van der Waals surface area contributed by atoms with E-state index in [0.717, 1.165) is 41.5 Å². The van der Waals surface area contributed by atoms with Gasteiger partial charge in [0, 0.05) is 24.4 Å². The molecule has 1 aliphatic carbocycles. The number of ketones is 1. The highest BCUT2D eigenvalue weighted by atomic mass is 79.9. The molecule has 0 amide bonds. The van der Waals surface area contributed by atoms with Crippen molar-refractivity contribution in [1.29, 1.82) is 0 Å². The van der Waals surface area contributed by atoms with Crippen LogP contribution in [0.15, 0.2) is 16.6 Å². The van der Waals surface area contributed by atoms with E-state index in [2.05, 4.69) is 15.9 Å². The van der Waals surface area contributed by atoms with Gasteiger partial charge in [0.05, 0.1) is 17.8 Å². The second-order valence-electron chi connectivity index (χ2n) is 5.38. The highest BCUT2D eigenvalue weighted by Gasteiger charge is 2.40. The first kappa shape index (κ1) is 13.1. The van der Waals surface area contributed by atoms with Gasteiger partial charge in [-0.1, -0.05) is 15.9 Å². The van der Waals surface area contributed by atoms with Crippen LogP contribution in [0, 0.1) is 0 Å². The number of hydrogen-bond donors (Lipinski definition) is 0. The minimum Gasteiger partial charge on any atom is -0.492 e. The van der Waals surface area contributed by atoms with Crippen molar-refractivity contribution in [3.8, 4) is 5.75 Å². The van der Waals surface area contributed by atoms with Crippen molar-refractivity contribution in [3.63, 3.8) is 0 Å². The fourth-order valence-electron chi connectivity index (χ4n) is 2.89. The Balaban J connectivity index is 1.88. The SMILES string of the molecule is COC1(CC(=O)c2cc(Br)cc3c2OCC3)CCC1. The smallest absolute Gasteiger partial charge is 0.169 e. The predicted molar refractivity (Wildman–Crippen MR) is 75.9 cm³/mol. The van der Waals surface area contributed by atoms with Crippen LogP contribution in [0.2, 0.25) is 0 Å². The van der Waals surface area contributed by atoms with E-state index in [0.29, 0.717) is 18.6 Å². The van der Waals surface area contributed by atoms with Crippen LogP contribution >= 0.6 is 15.9 Å². The molecule has 1 aromatic carbocycles. The van der Waals surface area contributed by atoms with Gasteiger partial charge in [-0.2, -0.15) is 0 Å². The van der Waals surface area contributed by atoms with E-state index in [1.807, 2.05) is 12.1 Å². The van der Waals surface area contributed by atoms with E-state index in [1.54, 1.807) is 7.11 Å². The van der Waals surface area contributed by atoms with Gasteiger partial charge in [-0.15, -0.1) is 0 Å². The molecule has 0 radical (unpaired) electrons. The summed E-state index contributed by atoms with van der Waals surface area (Å²) in [7, 11) is 1.70. The zero-order valence-electron chi connectivity index (χ0n) is 11.0. The van der Waals surface area contributed by atoms with Crippen molar-refractivity contribution in [2.75, 3.05) is 13.7 Å². The van der Waals surface area contributed by atoms with Gasteiger partial charge in [-0.25, -0.2) is 0 Å². The molecule has 0 aromatic heterocycles. The molecule has 0 bridgehead atoms. The summed E-state index contributed by atoms with van der Waals surface area (Å²) in [5.41, 5.74) is 1.59. The molecule has 1 saturated carbocycles. The number of ether oxygens (including phenoxy) is 2. The maximum Gasteiger partial charge on any atom is 0.169 e. The molecule has 0 N–H and O–H groups in total. The van der Waals surface area contributed by atoms with Crippen LogP contribution < -0.4 is 4.74 Å². The van der Waals surface area contributed by atoms with Gasteiger partial charge in [0.25, 0.3) is 0 Å². The van der Waals surface area contributed by atoms with Gasteiger partial charge in [-0.3, -0.25) is 4.79 Å². The van der Waals surface area contributed by atoms with E-state index in [-0.39, 0.29) is 11.4 Å². The summed E-state index contributed by atoms with van der Waals surface area (Å²) in [6.07, 6.45) is 4.44. The molecular weight excluding hydrogens is 308 g/mol. The largest absolute Gasteiger partial charge is 0.492 e. The lowest BCUT2D eigenvalue weighted by Crippen LogP contribution is -2.41. The number of methoxy groups -OCH3 is 1. The Morgan fingerprint density at radius 3 is 2.89 bits per heavy atom. The molecule has 0 spiro atoms. The molecule has 1 aliphatic heterocycles. The predicted octanol–water partition coefficient (Wildman–Crippen LogP) is 3.53. The summed E-state index contributed by atoms with van der Waals surface area (Å²) in [4.78, 5) is 12.5. The van der Waals surface area contributed by atoms with Crippen molar-refractivity contribution < 1.29 is 14.3 Å². The number of hydrogen-bond acceptors (Lipinski definition) is 3. The molecule has 1 heterocycles. The number of rotatable bonds is 4. The minimum atomic E-state index is -0.231. The lowest BCUT2D eigenvalue weighted by molar-refractivity contribution is -0.0705. The van der Waals surface area contributed by atoms with Crippen LogP contribution in [0.25, 0.3) is 0 Å². The summed E-state index contributed by atoms with van der Waals surface area (Å²) in [6, 6.07) is 3.91. The fourth-order valence-corrected chi connectivity index (χ4v) is 3.39. The van der Waals surface area contributed by atoms with Crippen LogP contribution in [-0.2, 0) is 11.2 Å². The quantitative estimate of drug-likeness (QED) is 0.795. The van der Waals surface area contributed by atoms with E-state index in [1.165, 1.54) is 0 Å². The highest BCUT2D eigenvalue weighted by Crippen LogP contribution is 2.41. The summed E-state index contributed by atoms with van der Waals surface area (Å²) in [5.74, 6) is 0.903. The van der Waals surface area contributed by atoms with Gasteiger partial charge in [0.15, 0.2) is 5.78 Å². The van der Waals surface area contributed by atoms with E-state index < -0.39 is 0 Å². The third-order valence-corrected chi connectivity index (χ3v) is 4.69. The normalized spacial score (nSPS) is 19.5. The molecule has 1 aromatic rings. The van der Waals surface area contributed by atoms with Gasteiger partial charge in [0.1, 0.15) is 5.75 Å². The Morgan fingerprint density at radius 1 is 1.47 bits per heavy atom. The van der Waals surface area contributed by atoms with E-state index >= 15 is 0 Å². The molecular formula is C15H17BrO3. The van der Waals surface area contributed by atoms with Crippen LogP contribution in [0.3, 0.4) is 0 Å². The molecule has 102 valence electrons. The van der Waals surface area contributed by atoms with Crippen LogP contribution in [0.4, 0.5) is 0 Å². The molecule has 4 heteroatoms. The van der Waals surface area contributed by atoms with Crippen molar-refractivity contribution >= 4 is 21.7 Å². The van der Waals surface area contributed by atoms with Gasteiger partial charge >= 0.3 is 0 Å². The summed E-state index contributed by atoms with van der Waals surface area (Å²) in [5, 5.41) is 0. The average molecular weight is 325 g/mol. The Kier molecular flexibility index (Phi) is 3.39. The molecule has 3 nitrogen and oxygen atoms in total. The number of carbonyl (C=O) groups is 1. The van der Waals surface area contributed by atoms with Crippen molar-refractivity contribution in [1.82, 2.24) is 0 Å². The van der Waals surface area contributed by atoms with Crippen LogP contribution in [-0.4, -0.2) is 25.1 Å². The molecule has 19 heavy (non-hydrogen) atoms. The third-order valence-electron chi connectivity index (χ3n) is 4.23. The summed E-state index contributed by atoms with van der Waals surface area (Å²) < 4.78 is 12.1. The van der Waals surface area contributed by atoms with E-state index in [9.17, 15) is 4.79 Å². The number of carbonyl (C=O) groups excluding carboxylic acids is 1. The number of benzene rings is 1. The topological polar surface area (TPSA) is 35.5 Å². The van der Waals surface area contributed by atoms with Crippen LogP contribution in [0.1, 0.15) is 41.6 Å². The Morgan fingerprint density at radius 2 is 2.26 bits per heavy atom. The summed E-state index contributed by atoms with van der Waals surface area (Å²) >= 11 is 3.47. The second kappa shape index (κ2) is 4.91. The van der Waals surface area contributed by atoms with Gasteiger partial charge in [0.2, 0.25) is 0 Å². The highest BCUT2D eigenvalue weighted by molar-refractivity contribution is 9.10. The lowest BCUT2D eigenvalue weighted by atomic mass is 9.75. The Hall–Kier alpha value is -0.870. The van der Waals surface area contributed by atoms with Crippen molar-refractivity contribution in [3.05, 3.63) is 27.7 Å². The van der Waals surface area contributed by atoms with Gasteiger partial charge < -0.3 is 9.47 Å². The molecule has 1 fully saturated rings. The zero-order valence-corrected chi connectivity index (χ0v) is 12.6. The van der Waals surface area contributed by atoms with E-state index in [4.69, 9.17) is 9.47 Å². The number of halogens is 1. The molecule has 0 saturated heterocycles. The first-order valence-electron chi connectivity index (χ1n) is 6.67. The standard InChI is InChI=1S/C15H17BrO3/c1-18-15(4-2-5-15)9-13(17)12-8-11(16)7-10-3-6-19-14(10)12/h7-8H,2-6,9H2,1H3. The number of Topliss-reactive ketones (excluding diaryl/α,β-unsaturated/α-hetero) is 1. The van der Waals surface area contributed by atoms with Crippen molar-refractivity contribution in [2.24, 2.45) is 0 Å². The monoisotopic (exact) mass is 324 g/mol. The maximum atomic E-state index is 12.5. The molecule has 2 aliphatic rings. The first-order valence-corrected chi connectivity index (χ1v) is 7.46. The Bertz CT molecular complexity index is 515. The zero-order chi connectivity index (χ0) is 13.5. The summed E-state index contributed by atoms with van der Waals surface area (Å²) in [6.45, 7) is 0.668. The maximum absolute atomic E-state index is 12.5. The van der Waals surface area contributed by atoms with Gasteiger partial charge in [-0.05, 0) is 37.0 Å². The average Bonchev–Trinajstić information content (AvgIpc) is 2.80. The second-order valence-corrected chi connectivity index (χ2v) is 6.30. The van der Waals surface area contributed by atoms with Crippen LogP contribution in [0.5, 0.6) is 5.75 Å². The fraction of sp³-hybridized carbons (Fsp3) is 0.533. The lowest BCUT2D eigenvalue weighted by Gasteiger charge is -2.40. The first-order chi connectivity index (χ1) is 9.13. The minimum absolute atomic E-state index is 0.126. The molecule has 0 unspecified atom stereocenters. The number of fused-ring (bicyclic) bond motifs is 1. The van der Waals surface area contributed by atoms with Crippen molar-refractivity contribution in [2.45, 2.75) is 37.7 Å².